The molecule has 0 aromatic rings. The molecule has 7 nitrogen and oxygen atoms in total. The molecule has 0 amide bonds. The van der Waals surface area contributed by atoms with Gasteiger partial charge in [0, 0.05) is 26.4 Å². The summed E-state index contributed by atoms with van der Waals surface area (Å²) < 4.78 is 44.1. The zero-order chi connectivity index (χ0) is 43.0. The number of ether oxygens (including phenoxy) is 7. The number of unbranched alkanes of at least 4 members (excludes halogenated alkanes) is 22. The van der Waals surface area contributed by atoms with Gasteiger partial charge in [0.05, 0.1) is 13.2 Å². The molecule has 2 atom stereocenters. The molecule has 0 aliphatic rings. The fourth-order valence-electron chi connectivity index (χ4n) is 6.83. The molecule has 0 aliphatic carbocycles. The number of rotatable bonds is 50. The zero-order valence-corrected chi connectivity index (χ0v) is 40.3. The van der Waals surface area contributed by atoms with Crippen LogP contribution in [0.2, 0.25) is 0 Å². The molecule has 0 saturated heterocycles. The van der Waals surface area contributed by atoms with Crippen LogP contribution in [0.1, 0.15) is 247 Å². The Balaban J connectivity index is 5.26. The van der Waals surface area contributed by atoms with Gasteiger partial charge in [-0.2, -0.15) is 0 Å². The number of hydrogen-bond acceptors (Lipinski definition) is 7. The first-order chi connectivity index (χ1) is 29.1. The van der Waals surface area contributed by atoms with E-state index in [1.807, 2.05) is 0 Å². The third kappa shape index (κ3) is 43.6. The van der Waals surface area contributed by atoms with E-state index in [9.17, 15) is 0 Å². The van der Waals surface area contributed by atoms with Gasteiger partial charge in [-0.25, -0.2) is 0 Å². The van der Waals surface area contributed by atoms with Gasteiger partial charge >= 0.3 is 0 Å². The summed E-state index contributed by atoms with van der Waals surface area (Å²) in [5, 5.41) is 0. The lowest BCUT2D eigenvalue weighted by molar-refractivity contribution is -0.208. The molecule has 59 heavy (non-hydrogen) atoms. The second kappa shape index (κ2) is 49.9. The van der Waals surface area contributed by atoms with Crippen LogP contribution in [0.3, 0.4) is 0 Å². The first-order valence-corrected chi connectivity index (χ1v) is 25.8. The van der Waals surface area contributed by atoms with Crippen LogP contribution in [0.4, 0.5) is 0 Å². The van der Waals surface area contributed by atoms with Gasteiger partial charge in [0.2, 0.25) is 0 Å². The Hall–Kier alpha value is -0.800. The van der Waals surface area contributed by atoms with Gasteiger partial charge in [-0.05, 0) is 102 Å². The van der Waals surface area contributed by atoms with E-state index in [1.165, 1.54) is 116 Å². The molecule has 0 bridgehead atoms. The Kier molecular flexibility index (Phi) is 49.2. The summed E-state index contributed by atoms with van der Waals surface area (Å²) >= 11 is 0. The fraction of sp³-hybridized carbons (Fsp3) is 0.923. The largest absolute Gasteiger partial charge is 0.353 e. The maximum absolute atomic E-state index is 6.54. The Morgan fingerprint density at radius 3 is 0.831 bits per heavy atom. The van der Waals surface area contributed by atoms with Crippen LogP contribution in [0, 0.1) is 0 Å². The van der Waals surface area contributed by atoms with Crippen LogP contribution in [0.5, 0.6) is 0 Å². The molecular weight excluding hydrogens is 737 g/mol. The Morgan fingerprint density at radius 1 is 0.288 bits per heavy atom. The highest BCUT2D eigenvalue weighted by molar-refractivity contribution is 4.90. The maximum atomic E-state index is 6.54. The highest BCUT2D eigenvalue weighted by Crippen LogP contribution is 2.16. The summed E-state index contributed by atoms with van der Waals surface area (Å²) in [6.07, 6.45) is 44.7. The highest BCUT2D eigenvalue weighted by Gasteiger charge is 2.15. The first kappa shape index (κ1) is 58.2. The summed E-state index contributed by atoms with van der Waals surface area (Å²) in [6, 6.07) is 0. The van der Waals surface area contributed by atoms with Crippen molar-refractivity contribution in [3.8, 4) is 0 Å². The van der Waals surface area contributed by atoms with E-state index in [0.29, 0.717) is 13.2 Å². The topological polar surface area (TPSA) is 64.6 Å². The fourth-order valence-corrected chi connectivity index (χ4v) is 6.83. The van der Waals surface area contributed by atoms with Gasteiger partial charge < -0.3 is 33.2 Å². The van der Waals surface area contributed by atoms with Crippen molar-refractivity contribution < 1.29 is 33.2 Å². The summed E-state index contributed by atoms with van der Waals surface area (Å²) in [7, 11) is 0. The Labute approximate surface area is 368 Å². The number of hydrogen-bond donors (Lipinski definition) is 0. The van der Waals surface area contributed by atoms with E-state index in [1.54, 1.807) is 0 Å². The van der Waals surface area contributed by atoms with Crippen LogP contribution in [-0.4, -0.2) is 64.8 Å². The van der Waals surface area contributed by atoms with Gasteiger partial charge in [-0.15, -0.1) is 0 Å². The van der Waals surface area contributed by atoms with Crippen molar-refractivity contribution in [3.05, 3.63) is 24.3 Å². The average Bonchev–Trinajstić information content (AvgIpc) is 3.24. The van der Waals surface area contributed by atoms with E-state index in [-0.39, 0.29) is 12.6 Å². The molecule has 2 unspecified atom stereocenters. The first-order valence-electron chi connectivity index (χ1n) is 25.8. The van der Waals surface area contributed by atoms with Crippen molar-refractivity contribution in [2.75, 3.05) is 39.6 Å². The quantitative estimate of drug-likeness (QED) is 0.0343. The maximum Gasteiger partial charge on any atom is 0.180 e. The van der Waals surface area contributed by atoms with Crippen LogP contribution >= 0.6 is 0 Å². The van der Waals surface area contributed by atoms with Crippen LogP contribution in [-0.2, 0) is 33.2 Å². The monoisotopic (exact) mass is 839 g/mol. The molecule has 0 radical (unpaired) electrons. The Bertz CT molecular complexity index is 742. The van der Waals surface area contributed by atoms with Crippen LogP contribution in [0.15, 0.2) is 24.3 Å². The minimum atomic E-state index is -0.433. The van der Waals surface area contributed by atoms with E-state index >= 15 is 0 Å². The zero-order valence-electron chi connectivity index (χ0n) is 40.3. The van der Waals surface area contributed by atoms with E-state index in [2.05, 4.69) is 65.8 Å². The lowest BCUT2D eigenvalue weighted by Gasteiger charge is -2.22. The minimum absolute atomic E-state index is 0.0875. The predicted octanol–water partition coefficient (Wildman–Crippen LogP) is 16.1. The van der Waals surface area contributed by atoms with Crippen molar-refractivity contribution >= 4 is 0 Å². The average molecular weight is 839 g/mol. The standard InChI is InChI=1S/C52H102O7/c1-7-13-19-33-43-53-49(54-44-34-20-14-8-2)39-29-25-27-31-41-51(57-47-37-23-17-11-5)59-52(58-48-38-24-18-12-6)42-32-28-26-30-40-50(55-45-35-21-15-9-3)56-46-36-22-16-10-4/h31-32,41-42,49-52H,7-30,33-40,43-48H2,1-6H3. The van der Waals surface area contributed by atoms with Crippen LogP contribution < -0.4 is 0 Å². The van der Waals surface area contributed by atoms with Crippen molar-refractivity contribution in [2.45, 2.75) is 272 Å². The van der Waals surface area contributed by atoms with Crippen molar-refractivity contribution in [1.82, 2.24) is 0 Å². The smallest absolute Gasteiger partial charge is 0.180 e. The molecule has 0 heterocycles. The molecule has 352 valence electrons. The summed E-state index contributed by atoms with van der Waals surface area (Å²) in [6.45, 7) is 18.1. The van der Waals surface area contributed by atoms with Gasteiger partial charge in [0.1, 0.15) is 0 Å². The molecule has 0 aliphatic heterocycles. The molecular formula is C52H102O7. The van der Waals surface area contributed by atoms with Gasteiger partial charge in [-0.1, -0.05) is 169 Å². The van der Waals surface area contributed by atoms with Crippen molar-refractivity contribution in [1.29, 1.82) is 0 Å². The Morgan fingerprint density at radius 2 is 0.559 bits per heavy atom. The molecule has 0 spiro atoms. The summed E-state index contributed by atoms with van der Waals surface area (Å²) in [5.41, 5.74) is 0. The minimum Gasteiger partial charge on any atom is -0.353 e. The summed E-state index contributed by atoms with van der Waals surface area (Å²) in [5.74, 6) is 0. The molecule has 0 aromatic heterocycles. The van der Waals surface area contributed by atoms with E-state index in [0.717, 1.165) is 116 Å². The molecule has 0 N–H and O–H groups in total. The van der Waals surface area contributed by atoms with Crippen LogP contribution in [0.25, 0.3) is 0 Å². The molecule has 0 aromatic carbocycles. The van der Waals surface area contributed by atoms with Crippen molar-refractivity contribution in [3.63, 3.8) is 0 Å². The molecule has 0 rings (SSSR count). The van der Waals surface area contributed by atoms with Gasteiger partial charge in [-0.3, -0.25) is 0 Å². The van der Waals surface area contributed by atoms with E-state index < -0.39 is 12.6 Å². The van der Waals surface area contributed by atoms with Gasteiger partial charge in [0.25, 0.3) is 0 Å². The second-order valence-electron chi connectivity index (χ2n) is 16.7. The lowest BCUT2D eigenvalue weighted by atomic mass is 10.1. The third-order valence-electron chi connectivity index (χ3n) is 10.7. The normalized spacial score (nSPS) is 13.3. The van der Waals surface area contributed by atoms with Gasteiger partial charge in [0.15, 0.2) is 25.2 Å². The molecule has 7 heteroatoms. The predicted molar refractivity (Wildman–Crippen MR) is 252 cm³/mol. The SMILES string of the molecule is CCCCCCOC(C=CCCCCC(OCCCCCC)OCCCCCC)OC(C=CCCCCC(OCCCCCC)OCCCCCC)OCCCCCC. The molecule has 0 fully saturated rings. The molecule has 0 saturated carbocycles. The van der Waals surface area contributed by atoms with E-state index in [4.69, 9.17) is 33.2 Å². The lowest BCUT2D eigenvalue weighted by Crippen LogP contribution is -2.25. The highest BCUT2D eigenvalue weighted by atomic mass is 16.8. The van der Waals surface area contributed by atoms with Crippen molar-refractivity contribution in [2.24, 2.45) is 0 Å². The number of allylic oxidation sites excluding steroid dienone is 2. The second-order valence-corrected chi connectivity index (χ2v) is 16.7. The third-order valence-corrected chi connectivity index (χ3v) is 10.7. The summed E-state index contributed by atoms with van der Waals surface area (Å²) in [4.78, 5) is 0.